The van der Waals surface area contributed by atoms with E-state index in [4.69, 9.17) is 0 Å². The van der Waals surface area contributed by atoms with E-state index in [2.05, 4.69) is 51.0 Å². The first-order valence-electron chi connectivity index (χ1n) is 13.2. The smallest absolute Gasteiger partial charge is 0.133 e. The maximum atomic E-state index is 11.3. The molecule has 1 unspecified atom stereocenters. The summed E-state index contributed by atoms with van der Waals surface area (Å²) in [5.41, 5.74) is 6.11. The van der Waals surface area contributed by atoms with Crippen molar-refractivity contribution >= 4 is 11.4 Å². The van der Waals surface area contributed by atoms with Crippen molar-refractivity contribution in [3.8, 4) is 0 Å². The molecule has 4 saturated carbocycles. The quantitative estimate of drug-likeness (QED) is 0.607. The van der Waals surface area contributed by atoms with Crippen LogP contribution in [-0.4, -0.2) is 39.2 Å². The van der Waals surface area contributed by atoms with E-state index >= 15 is 0 Å². The predicted molar refractivity (Wildman–Crippen MR) is 136 cm³/mol. The topological polar surface area (TPSA) is 61.3 Å². The number of hydrogen-bond donors (Lipinski definition) is 2. The Morgan fingerprint density at radius 3 is 2.44 bits per heavy atom. The Kier molecular flexibility index (Phi) is 5.73. The van der Waals surface area contributed by atoms with Gasteiger partial charge in [0.2, 0.25) is 0 Å². The van der Waals surface area contributed by atoms with E-state index in [0.717, 1.165) is 60.9 Å². The van der Waals surface area contributed by atoms with Crippen molar-refractivity contribution in [3.63, 3.8) is 0 Å². The lowest BCUT2D eigenvalue weighted by atomic mass is 9.48. The highest BCUT2D eigenvalue weighted by atomic mass is 16.3. The fourth-order valence-corrected chi connectivity index (χ4v) is 7.84. The lowest BCUT2D eigenvalue weighted by Gasteiger charge is -2.58. The molecule has 2 N–H and O–H groups in total. The molecule has 180 valence electrons. The fraction of sp³-hybridized carbons (Fsp3) is 0.586. The number of nitrogens with one attached hydrogen (secondary N) is 1. The van der Waals surface area contributed by atoms with Crippen LogP contribution in [0, 0.1) is 23.2 Å². The zero-order chi connectivity index (χ0) is 23.3. The monoisotopic (exact) mass is 458 g/mol. The summed E-state index contributed by atoms with van der Waals surface area (Å²) in [6.07, 6.45) is 10.3. The van der Waals surface area contributed by atoms with Crippen LogP contribution in [0.25, 0.3) is 5.57 Å². The molecule has 7 rings (SSSR count). The first kappa shape index (κ1) is 22.2. The van der Waals surface area contributed by atoms with Gasteiger partial charge in [-0.15, -0.1) is 0 Å². The van der Waals surface area contributed by atoms with Crippen molar-refractivity contribution in [2.75, 3.05) is 18.4 Å². The molecule has 0 saturated heterocycles. The number of rotatable bonds is 7. The summed E-state index contributed by atoms with van der Waals surface area (Å²) in [6, 6.07) is 8.74. The van der Waals surface area contributed by atoms with Crippen LogP contribution >= 0.6 is 0 Å². The first-order chi connectivity index (χ1) is 16.5. The molecule has 0 amide bonds. The number of allylic oxidation sites excluding steroid dienone is 1. The van der Waals surface area contributed by atoms with Crippen molar-refractivity contribution in [1.82, 2.24) is 14.9 Å². The lowest BCUT2D eigenvalue weighted by Crippen LogP contribution is -2.53. The summed E-state index contributed by atoms with van der Waals surface area (Å²) in [4.78, 5) is 11.7. The molecule has 34 heavy (non-hydrogen) atoms. The number of anilines is 1. The van der Waals surface area contributed by atoms with E-state index in [1.165, 1.54) is 55.2 Å². The zero-order valence-electron chi connectivity index (χ0n) is 20.5. The molecule has 1 aromatic heterocycles. The van der Waals surface area contributed by atoms with E-state index in [9.17, 15) is 5.11 Å². The lowest BCUT2D eigenvalue weighted by molar-refractivity contribution is -0.115. The van der Waals surface area contributed by atoms with Crippen LogP contribution in [0.5, 0.6) is 0 Å². The molecular formula is C29H38N4O. The minimum absolute atomic E-state index is 0.144. The standard InChI is InChI=1S/C29H38N4O/c1-19(2)24-5-3-20(4-6-24)16-33-8-7-25-26(17-33)31-18-32-28(25)30-15-27(34)29-12-21-9-22(13-29)11-23(10-21)14-29/h3-6,18,21-23,27,34H,1,7-17H2,2H3,(H,30,31,32). The molecular weight excluding hydrogens is 420 g/mol. The average molecular weight is 459 g/mol. The van der Waals surface area contributed by atoms with Gasteiger partial charge in [0.1, 0.15) is 12.1 Å². The Morgan fingerprint density at radius 1 is 1.12 bits per heavy atom. The number of aromatic nitrogens is 2. The van der Waals surface area contributed by atoms with Crippen molar-refractivity contribution < 1.29 is 5.11 Å². The number of aliphatic hydroxyl groups is 1. The Labute approximate surface area is 203 Å². The summed E-state index contributed by atoms with van der Waals surface area (Å²) in [5, 5.41) is 14.9. The molecule has 2 heterocycles. The zero-order valence-corrected chi connectivity index (χ0v) is 20.5. The number of aliphatic hydroxyl groups excluding tert-OH is 1. The van der Waals surface area contributed by atoms with Gasteiger partial charge in [-0.1, -0.05) is 36.4 Å². The van der Waals surface area contributed by atoms with Crippen molar-refractivity contribution in [2.24, 2.45) is 23.2 Å². The third kappa shape index (κ3) is 4.18. The summed E-state index contributed by atoms with van der Waals surface area (Å²) < 4.78 is 0. The molecule has 4 fully saturated rings. The van der Waals surface area contributed by atoms with E-state index in [1.54, 1.807) is 6.33 Å². The van der Waals surface area contributed by atoms with E-state index in [1.807, 2.05) is 6.92 Å². The van der Waals surface area contributed by atoms with Crippen LogP contribution in [-0.2, 0) is 19.5 Å². The second kappa shape index (κ2) is 8.76. The number of nitrogens with zero attached hydrogens (tertiary/aromatic N) is 3. The molecule has 5 aliphatic rings. The molecule has 2 aromatic rings. The van der Waals surface area contributed by atoms with Gasteiger partial charge in [0.25, 0.3) is 0 Å². The number of benzene rings is 1. The average Bonchev–Trinajstić information content (AvgIpc) is 2.82. The van der Waals surface area contributed by atoms with Gasteiger partial charge in [-0.05, 0) is 86.2 Å². The van der Waals surface area contributed by atoms with Crippen LogP contribution in [0.4, 0.5) is 5.82 Å². The molecule has 5 heteroatoms. The highest BCUT2D eigenvalue weighted by Gasteiger charge is 2.53. The maximum absolute atomic E-state index is 11.3. The number of hydrogen-bond acceptors (Lipinski definition) is 5. The molecule has 4 aliphatic carbocycles. The largest absolute Gasteiger partial charge is 0.391 e. The second-order valence-electron chi connectivity index (χ2n) is 11.8. The summed E-state index contributed by atoms with van der Waals surface area (Å²) in [7, 11) is 0. The van der Waals surface area contributed by atoms with Crippen LogP contribution in [0.3, 0.4) is 0 Å². The van der Waals surface area contributed by atoms with Crippen LogP contribution < -0.4 is 5.32 Å². The minimum Gasteiger partial charge on any atom is -0.391 e. The van der Waals surface area contributed by atoms with E-state index in [-0.39, 0.29) is 11.5 Å². The van der Waals surface area contributed by atoms with Crippen LogP contribution in [0.1, 0.15) is 67.8 Å². The van der Waals surface area contributed by atoms with Crippen molar-refractivity contribution in [2.45, 2.75) is 71.1 Å². The summed E-state index contributed by atoms with van der Waals surface area (Å²) in [6.45, 7) is 9.44. The predicted octanol–water partition coefficient (Wildman–Crippen LogP) is 5.06. The normalized spacial score (nSPS) is 30.7. The third-order valence-electron chi connectivity index (χ3n) is 9.19. The van der Waals surface area contributed by atoms with Gasteiger partial charge in [-0.2, -0.15) is 0 Å². The highest BCUT2D eigenvalue weighted by molar-refractivity contribution is 5.61. The Hall–Kier alpha value is -2.24. The Bertz CT molecular complexity index is 1030. The molecule has 4 bridgehead atoms. The molecule has 0 spiro atoms. The van der Waals surface area contributed by atoms with Crippen LogP contribution in [0.15, 0.2) is 37.2 Å². The second-order valence-corrected chi connectivity index (χ2v) is 11.8. The van der Waals surface area contributed by atoms with Gasteiger partial charge in [-0.25, -0.2) is 9.97 Å². The van der Waals surface area contributed by atoms with Gasteiger partial charge in [0.15, 0.2) is 0 Å². The fourth-order valence-electron chi connectivity index (χ4n) is 7.84. The Balaban J connectivity index is 1.09. The SMILES string of the molecule is C=C(C)c1ccc(CN2CCc3c(ncnc3NCC(O)C34CC5CC(CC(C5)C3)C4)C2)cc1. The molecule has 5 nitrogen and oxygen atoms in total. The molecule has 1 aliphatic heterocycles. The van der Waals surface area contributed by atoms with Crippen LogP contribution in [0.2, 0.25) is 0 Å². The minimum atomic E-state index is -0.284. The number of fused-ring (bicyclic) bond motifs is 1. The van der Waals surface area contributed by atoms with Gasteiger partial charge in [-0.3, -0.25) is 4.90 Å². The van der Waals surface area contributed by atoms with E-state index in [0.29, 0.717) is 6.54 Å². The molecule has 1 aromatic carbocycles. The summed E-state index contributed by atoms with van der Waals surface area (Å²) in [5.74, 6) is 3.50. The molecule has 0 radical (unpaired) electrons. The van der Waals surface area contributed by atoms with Gasteiger partial charge >= 0.3 is 0 Å². The highest BCUT2D eigenvalue weighted by Crippen LogP contribution is 2.61. The Morgan fingerprint density at radius 2 is 1.79 bits per heavy atom. The third-order valence-corrected chi connectivity index (χ3v) is 9.19. The van der Waals surface area contributed by atoms with E-state index < -0.39 is 0 Å². The van der Waals surface area contributed by atoms with Crippen molar-refractivity contribution in [3.05, 3.63) is 59.6 Å². The summed E-state index contributed by atoms with van der Waals surface area (Å²) >= 11 is 0. The van der Waals surface area contributed by atoms with Crippen molar-refractivity contribution in [1.29, 1.82) is 0 Å². The maximum Gasteiger partial charge on any atom is 0.133 e. The van der Waals surface area contributed by atoms with Gasteiger partial charge in [0, 0.05) is 31.7 Å². The first-order valence-corrected chi connectivity index (χ1v) is 13.2. The van der Waals surface area contributed by atoms with Gasteiger partial charge < -0.3 is 10.4 Å². The molecule has 1 atom stereocenters. The van der Waals surface area contributed by atoms with Gasteiger partial charge in [0.05, 0.1) is 11.8 Å².